The molecule has 0 saturated carbocycles. The normalized spacial score (nSPS) is 19.9. The van der Waals surface area contributed by atoms with Crippen LogP contribution >= 0.6 is 0 Å². The average molecular weight is 232 g/mol. The molecular weight excluding hydrogens is 212 g/mol. The van der Waals surface area contributed by atoms with Gasteiger partial charge in [-0.25, -0.2) is 0 Å². The molecule has 92 valence electrons. The lowest BCUT2D eigenvalue weighted by Crippen LogP contribution is -2.10. The molecule has 1 aliphatic heterocycles. The summed E-state index contributed by atoms with van der Waals surface area (Å²) in [6, 6.07) is 0. The van der Waals surface area contributed by atoms with Gasteiger partial charge < -0.3 is 9.88 Å². The standard InChI is InChI=1S/C14H20N2O/c1-16-11-7-4-2-3-6-10(11)14-12(16)8-5-9-13(17)15-14/h2-9H2,1H3,(H,15,17). The van der Waals surface area contributed by atoms with Gasteiger partial charge in [-0.15, -0.1) is 0 Å². The van der Waals surface area contributed by atoms with Crippen LogP contribution in [0.25, 0.3) is 0 Å². The van der Waals surface area contributed by atoms with Crippen molar-refractivity contribution in [2.45, 2.75) is 51.4 Å². The van der Waals surface area contributed by atoms with Crippen LogP contribution < -0.4 is 5.32 Å². The fraction of sp³-hybridized carbons (Fsp3) is 0.643. The van der Waals surface area contributed by atoms with Gasteiger partial charge >= 0.3 is 0 Å². The molecule has 0 atom stereocenters. The van der Waals surface area contributed by atoms with Gasteiger partial charge in [0.1, 0.15) is 0 Å². The van der Waals surface area contributed by atoms with Gasteiger partial charge in [-0.05, 0) is 44.1 Å². The Balaban J connectivity index is 2.11. The lowest BCUT2D eigenvalue weighted by atomic mass is 10.1. The van der Waals surface area contributed by atoms with E-state index in [1.54, 1.807) is 0 Å². The number of rotatable bonds is 0. The monoisotopic (exact) mass is 232 g/mol. The Morgan fingerprint density at radius 1 is 0.941 bits per heavy atom. The first-order valence-electron chi connectivity index (χ1n) is 6.76. The molecule has 17 heavy (non-hydrogen) atoms. The zero-order chi connectivity index (χ0) is 11.8. The van der Waals surface area contributed by atoms with Crippen LogP contribution in [0.2, 0.25) is 0 Å². The van der Waals surface area contributed by atoms with Crippen molar-refractivity contribution in [3.05, 3.63) is 17.0 Å². The van der Waals surface area contributed by atoms with Crippen molar-refractivity contribution < 1.29 is 4.79 Å². The van der Waals surface area contributed by atoms with Crippen LogP contribution in [-0.2, 0) is 31.1 Å². The molecule has 0 unspecified atom stereocenters. The molecule has 3 heteroatoms. The Labute approximate surface area is 102 Å². The number of fused-ring (bicyclic) bond motifs is 3. The van der Waals surface area contributed by atoms with E-state index in [4.69, 9.17) is 0 Å². The fourth-order valence-corrected chi connectivity index (χ4v) is 3.27. The maximum atomic E-state index is 11.7. The zero-order valence-corrected chi connectivity index (χ0v) is 10.5. The van der Waals surface area contributed by atoms with Gasteiger partial charge in [-0.3, -0.25) is 4.79 Å². The van der Waals surface area contributed by atoms with Crippen molar-refractivity contribution in [3.63, 3.8) is 0 Å². The molecule has 3 rings (SSSR count). The number of anilines is 1. The number of amides is 1. The molecule has 1 amide bonds. The highest BCUT2D eigenvalue weighted by Gasteiger charge is 2.24. The summed E-state index contributed by atoms with van der Waals surface area (Å²) in [6.07, 6.45) is 8.87. The molecule has 0 aromatic carbocycles. The van der Waals surface area contributed by atoms with Crippen LogP contribution in [0.3, 0.4) is 0 Å². The van der Waals surface area contributed by atoms with E-state index in [0.29, 0.717) is 6.42 Å². The Morgan fingerprint density at radius 3 is 2.59 bits per heavy atom. The number of aromatic nitrogens is 1. The lowest BCUT2D eigenvalue weighted by Gasteiger charge is -2.06. The molecule has 1 N–H and O–H groups in total. The van der Waals surface area contributed by atoms with Crippen LogP contribution in [0.4, 0.5) is 5.69 Å². The van der Waals surface area contributed by atoms with E-state index < -0.39 is 0 Å². The predicted octanol–water partition coefficient (Wildman–Crippen LogP) is 2.57. The smallest absolute Gasteiger partial charge is 0.224 e. The van der Waals surface area contributed by atoms with E-state index in [0.717, 1.165) is 24.9 Å². The minimum absolute atomic E-state index is 0.196. The predicted molar refractivity (Wildman–Crippen MR) is 68.2 cm³/mol. The highest BCUT2D eigenvalue weighted by Crippen LogP contribution is 2.35. The van der Waals surface area contributed by atoms with E-state index in [1.807, 2.05) is 0 Å². The summed E-state index contributed by atoms with van der Waals surface area (Å²) in [4.78, 5) is 11.7. The van der Waals surface area contributed by atoms with Crippen molar-refractivity contribution in [2.24, 2.45) is 7.05 Å². The maximum absolute atomic E-state index is 11.7. The molecular formula is C14H20N2O. The van der Waals surface area contributed by atoms with Gasteiger partial charge in [0.05, 0.1) is 5.69 Å². The highest BCUT2D eigenvalue weighted by molar-refractivity contribution is 5.93. The number of hydrogen-bond donors (Lipinski definition) is 1. The Morgan fingerprint density at radius 2 is 1.71 bits per heavy atom. The Hall–Kier alpha value is -1.25. The summed E-state index contributed by atoms with van der Waals surface area (Å²) in [6.45, 7) is 0. The second-order valence-electron chi connectivity index (χ2n) is 5.27. The molecule has 0 spiro atoms. The van der Waals surface area contributed by atoms with Crippen molar-refractivity contribution in [1.82, 2.24) is 4.57 Å². The van der Waals surface area contributed by atoms with Crippen molar-refractivity contribution in [1.29, 1.82) is 0 Å². The van der Waals surface area contributed by atoms with Gasteiger partial charge in [-0.1, -0.05) is 6.42 Å². The molecule has 1 aromatic rings. The Bertz CT molecular complexity index is 459. The van der Waals surface area contributed by atoms with Crippen molar-refractivity contribution >= 4 is 11.6 Å². The first-order valence-corrected chi connectivity index (χ1v) is 6.76. The minimum Gasteiger partial charge on any atom is -0.349 e. The average Bonchev–Trinajstić information content (AvgIpc) is 2.58. The first kappa shape index (κ1) is 10.9. The molecule has 1 aromatic heterocycles. The number of carbonyl (C=O) groups excluding carboxylic acids is 1. The third kappa shape index (κ3) is 1.78. The van der Waals surface area contributed by atoms with Crippen LogP contribution in [0.1, 0.15) is 49.1 Å². The molecule has 1 aliphatic carbocycles. The molecule has 2 aliphatic rings. The summed E-state index contributed by atoms with van der Waals surface area (Å²) >= 11 is 0. The molecule has 2 heterocycles. The lowest BCUT2D eigenvalue weighted by molar-refractivity contribution is -0.116. The van der Waals surface area contributed by atoms with E-state index >= 15 is 0 Å². The number of carbonyl (C=O) groups is 1. The Kier molecular flexibility index (Phi) is 2.69. The second-order valence-corrected chi connectivity index (χ2v) is 5.27. The van der Waals surface area contributed by atoms with E-state index in [-0.39, 0.29) is 5.91 Å². The van der Waals surface area contributed by atoms with Gasteiger partial charge in [-0.2, -0.15) is 0 Å². The SMILES string of the molecule is Cn1c2c(c3c1CCCC(=O)N3)CCCCC2. The van der Waals surface area contributed by atoms with E-state index in [2.05, 4.69) is 16.9 Å². The topological polar surface area (TPSA) is 34.0 Å². The fourth-order valence-electron chi connectivity index (χ4n) is 3.27. The van der Waals surface area contributed by atoms with E-state index in [1.165, 1.54) is 42.6 Å². The maximum Gasteiger partial charge on any atom is 0.224 e. The molecule has 0 radical (unpaired) electrons. The van der Waals surface area contributed by atoms with Gasteiger partial charge in [0, 0.05) is 24.9 Å². The van der Waals surface area contributed by atoms with E-state index in [9.17, 15) is 4.79 Å². The van der Waals surface area contributed by atoms with Crippen LogP contribution in [-0.4, -0.2) is 10.5 Å². The summed E-state index contributed by atoms with van der Waals surface area (Å²) in [5.41, 5.74) is 5.40. The number of nitrogens with zero attached hydrogens (tertiary/aromatic N) is 1. The van der Waals surface area contributed by atoms with Crippen LogP contribution in [0.15, 0.2) is 0 Å². The summed E-state index contributed by atoms with van der Waals surface area (Å²) in [5.74, 6) is 0.196. The molecule has 3 nitrogen and oxygen atoms in total. The number of hydrogen-bond acceptors (Lipinski definition) is 1. The second kappa shape index (κ2) is 4.21. The largest absolute Gasteiger partial charge is 0.349 e. The van der Waals surface area contributed by atoms with Gasteiger partial charge in [0.2, 0.25) is 5.91 Å². The third-order valence-electron chi connectivity index (χ3n) is 4.17. The quantitative estimate of drug-likeness (QED) is 0.685. The van der Waals surface area contributed by atoms with Crippen LogP contribution in [0.5, 0.6) is 0 Å². The van der Waals surface area contributed by atoms with Crippen molar-refractivity contribution in [2.75, 3.05) is 5.32 Å². The van der Waals surface area contributed by atoms with Gasteiger partial charge in [0.25, 0.3) is 0 Å². The summed E-state index contributed by atoms with van der Waals surface area (Å²) in [5, 5.41) is 3.14. The zero-order valence-electron chi connectivity index (χ0n) is 10.5. The minimum atomic E-state index is 0.196. The summed E-state index contributed by atoms with van der Waals surface area (Å²) < 4.78 is 2.35. The molecule has 0 saturated heterocycles. The first-order chi connectivity index (χ1) is 8.27. The molecule has 0 fully saturated rings. The summed E-state index contributed by atoms with van der Waals surface area (Å²) in [7, 11) is 2.17. The molecule has 0 bridgehead atoms. The van der Waals surface area contributed by atoms with Crippen molar-refractivity contribution in [3.8, 4) is 0 Å². The van der Waals surface area contributed by atoms with Crippen LogP contribution in [0, 0.1) is 0 Å². The van der Waals surface area contributed by atoms with Gasteiger partial charge in [0.15, 0.2) is 0 Å². The third-order valence-corrected chi connectivity index (χ3v) is 4.17. The number of nitrogens with one attached hydrogen (secondary N) is 1. The highest BCUT2D eigenvalue weighted by atomic mass is 16.1.